The van der Waals surface area contributed by atoms with E-state index in [-0.39, 0.29) is 0 Å². The van der Waals surface area contributed by atoms with E-state index < -0.39 is 0 Å². The second kappa shape index (κ2) is 6.38. The van der Waals surface area contributed by atoms with Crippen molar-refractivity contribution in [3.05, 3.63) is 35.9 Å². The molecule has 0 unspecified atom stereocenters. The van der Waals surface area contributed by atoms with Gasteiger partial charge in [0.2, 0.25) is 0 Å². The van der Waals surface area contributed by atoms with Gasteiger partial charge in [-0.05, 0) is 30.7 Å². The highest BCUT2D eigenvalue weighted by atomic mass is 16.6. The summed E-state index contributed by atoms with van der Waals surface area (Å²) < 4.78 is 11.1. The van der Waals surface area contributed by atoms with Gasteiger partial charge in [-0.1, -0.05) is 6.07 Å². The van der Waals surface area contributed by atoms with E-state index in [0.29, 0.717) is 13.2 Å². The van der Waals surface area contributed by atoms with Crippen molar-refractivity contribution in [1.29, 1.82) is 0 Å². The highest BCUT2D eigenvalue weighted by molar-refractivity contribution is 5.43. The van der Waals surface area contributed by atoms with Gasteiger partial charge in [-0.2, -0.15) is 5.10 Å². The number of nitrogens with zero attached hydrogens (tertiary/aromatic N) is 2. The minimum Gasteiger partial charge on any atom is -0.486 e. The van der Waals surface area contributed by atoms with E-state index >= 15 is 0 Å². The molecule has 0 amide bonds. The van der Waals surface area contributed by atoms with E-state index in [1.165, 1.54) is 11.9 Å². The molecule has 1 aliphatic heterocycles. The fourth-order valence-corrected chi connectivity index (χ4v) is 2.16. The number of rotatable bonds is 6. The van der Waals surface area contributed by atoms with E-state index in [4.69, 9.17) is 9.47 Å². The molecule has 0 aliphatic carbocycles. The summed E-state index contributed by atoms with van der Waals surface area (Å²) in [5.41, 5.74) is 1.20. The summed E-state index contributed by atoms with van der Waals surface area (Å²) in [5, 5.41) is 10.1. The molecule has 6 nitrogen and oxygen atoms in total. The average molecular weight is 274 g/mol. The Bertz CT molecular complexity index is 542. The lowest BCUT2D eigenvalue weighted by Gasteiger charge is -2.19. The van der Waals surface area contributed by atoms with Gasteiger partial charge in [0.25, 0.3) is 0 Å². The van der Waals surface area contributed by atoms with Crippen LogP contribution in [0, 0.1) is 0 Å². The Balaban J connectivity index is 1.42. The number of fused-ring (bicyclic) bond motifs is 1. The lowest BCUT2D eigenvalue weighted by atomic mass is 10.2. The number of aryl methyl sites for hydroxylation is 1. The van der Waals surface area contributed by atoms with Crippen molar-refractivity contribution in [3.8, 4) is 11.5 Å². The van der Waals surface area contributed by atoms with E-state index in [0.717, 1.165) is 43.3 Å². The standard InChI is InChI=1S/C14H18N4O2/c1(2-14-16-10-17-18-14)5-15-9-11-3-4-12-13(8-11)20-7-6-19-12/h3-4,8,10,15H,1-2,5-7,9H2,(H,16,17,18). The van der Waals surface area contributed by atoms with E-state index in [1.807, 2.05) is 12.1 Å². The zero-order valence-electron chi connectivity index (χ0n) is 11.3. The van der Waals surface area contributed by atoms with Crippen LogP contribution in [-0.2, 0) is 13.0 Å². The molecule has 2 aromatic rings. The van der Waals surface area contributed by atoms with Crippen LogP contribution in [0.1, 0.15) is 17.8 Å². The summed E-state index contributed by atoms with van der Waals surface area (Å²) in [5.74, 6) is 2.62. The number of aromatic nitrogens is 3. The molecule has 1 aliphatic rings. The fraction of sp³-hybridized carbons (Fsp3) is 0.429. The van der Waals surface area contributed by atoms with Gasteiger partial charge in [0.05, 0.1) is 0 Å². The summed E-state index contributed by atoms with van der Waals surface area (Å²) in [7, 11) is 0. The first-order chi connectivity index (χ1) is 9.92. The van der Waals surface area contributed by atoms with Crippen molar-refractivity contribution in [3.63, 3.8) is 0 Å². The summed E-state index contributed by atoms with van der Waals surface area (Å²) in [6.07, 6.45) is 3.48. The highest BCUT2D eigenvalue weighted by Gasteiger charge is 2.11. The number of aromatic amines is 1. The van der Waals surface area contributed by atoms with Crippen molar-refractivity contribution < 1.29 is 9.47 Å². The molecule has 20 heavy (non-hydrogen) atoms. The van der Waals surface area contributed by atoms with Crippen LogP contribution in [0.2, 0.25) is 0 Å². The van der Waals surface area contributed by atoms with Crippen LogP contribution in [0.15, 0.2) is 24.5 Å². The highest BCUT2D eigenvalue weighted by Crippen LogP contribution is 2.30. The first-order valence-electron chi connectivity index (χ1n) is 6.85. The molecule has 0 bridgehead atoms. The molecule has 0 atom stereocenters. The van der Waals surface area contributed by atoms with Crippen LogP contribution in [0.4, 0.5) is 0 Å². The first kappa shape index (κ1) is 12.9. The molecule has 1 aromatic heterocycles. The molecule has 0 saturated heterocycles. The molecule has 3 rings (SSSR count). The Labute approximate surface area is 117 Å². The fourth-order valence-electron chi connectivity index (χ4n) is 2.16. The summed E-state index contributed by atoms with van der Waals surface area (Å²) >= 11 is 0. The SMILES string of the molecule is c1n[nH]c(CCCNCc2ccc3c(c2)OCCO3)n1. The maximum absolute atomic E-state index is 5.57. The predicted octanol–water partition coefficient (Wildman–Crippen LogP) is 1.30. The van der Waals surface area contributed by atoms with Gasteiger partial charge >= 0.3 is 0 Å². The molecule has 0 radical (unpaired) electrons. The monoisotopic (exact) mass is 274 g/mol. The van der Waals surface area contributed by atoms with Crippen LogP contribution in [0.25, 0.3) is 0 Å². The topological polar surface area (TPSA) is 72.1 Å². The second-order valence-electron chi connectivity index (χ2n) is 4.69. The molecule has 6 heteroatoms. The largest absolute Gasteiger partial charge is 0.486 e. The Morgan fingerprint density at radius 3 is 2.95 bits per heavy atom. The van der Waals surface area contributed by atoms with Crippen LogP contribution in [0.5, 0.6) is 11.5 Å². The molecule has 1 aromatic carbocycles. The smallest absolute Gasteiger partial charge is 0.161 e. The molecule has 106 valence electrons. The molecule has 0 spiro atoms. The third-order valence-electron chi connectivity index (χ3n) is 3.17. The lowest BCUT2D eigenvalue weighted by molar-refractivity contribution is 0.171. The van der Waals surface area contributed by atoms with Crippen LogP contribution < -0.4 is 14.8 Å². The predicted molar refractivity (Wildman–Crippen MR) is 73.8 cm³/mol. The maximum Gasteiger partial charge on any atom is 0.161 e. The molecule has 2 heterocycles. The number of H-pyrrole nitrogens is 1. The normalized spacial score (nSPS) is 13.4. The lowest BCUT2D eigenvalue weighted by Crippen LogP contribution is -2.17. The summed E-state index contributed by atoms with van der Waals surface area (Å²) in [6.45, 7) is 3.02. The van der Waals surface area contributed by atoms with Gasteiger partial charge < -0.3 is 14.8 Å². The van der Waals surface area contributed by atoms with Crippen molar-refractivity contribution >= 4 is 0 Å². The van der Waals surface area contributed by atoms with Gasteiger partial charge in [0.15, 0.2) is 11.5 Å². The summed E-state index contributed by atoms with van der Waals surface area (Å²) in [6, 6.07) is 6.08. The molecule has 0 saturated carbocycles. The minimum atomic E-state index is 0.626. The van der Waals surface area contributed by atoms with Crippen molar-refractivity contribution in [2.45, 2.75) is 19.4 Å². The second-order valence-corrected chi connectivity index (χ2v) is 4.69. The number of ether oxygens (including phenoxy) is 2. The van der Waals surface area contributed by atoms with Gasteiger partial charge in [0, 0.05) is 13.0 Å². The zero-order chi connectivity index (χ0) is 13.6. The van der Waals surface area contributed by atoms with Gasteiger partial charge in [-0.25, -0.2) is 4.98 Å². The molecule has 0 fully saturated rings. The Morgan fingerprint density at radius 2 is 2.10 bits per heavy atom. The number of hydrogen-bond acceptors (Lipinski definition) is 5. The van der Waals surface area contributed by atoms with Gasteiger partial charge in [0.1, 0.15) is 25.4 Å². The number of hydrogen-bond donors (Lipinski definition) is 2. The third-order valence-corrected chi connectivity index (χ3v) is 3.17. The van der Waals surface area contributed by atoms with E-state index in [1.54, 1.807) is 0 Å². The molecule has 2 N–H and O–H groups in total. The first-order valence-corrected chi connectivity index (χ1v) is 6.85. The number of benzene rings is 1. The zero-order valence-corrected chi connectivity index (χ0v) is 11.3. The van der Waals surface area contributed by atoms with Crippen molar-refractivity contribution in [1.82, 2.24) is 20.5 Å². The third kappa shape index (κ3) is 3.27. The maximum atomic E-state index is 5.57. The number of nitrogens with one attached hydrogen (secondary N) is 2. The van der Waals surface area contributed by atoms with Crippen molar-refractivity contribution in [2.75, 3.05) is 19.8 Å². The Morgan fingerprint density at radius 1 is 1.20 bits per heavy atom. The van der Waals surface area contributed by atoms with Gasteiger partial charge in [-0.3, -0.25) is 5.10 Å². The van der Waals surface area contributed by atoms with Crippen LogP contribution >= 0.6 is 0 Å². The minimum absolute atomic E-state index is 0.626. The quantitative estimate of drug-likeness (QED) is 0.777. The van der Waals surface area contributed by atoms with E-state index in [9.17, 15) is 0 Å². The summed E-state index contributed by atoms with van der Waals surface area (Å²) in [4.78, 5) is 4.10. The van der Waals surface area contributed by atoms with Crippen LogP contribution in [-0.4, -0.2) is 34.9 Å². The Hall–Kier alpha value is -2.08. The van der Waals surface area contributed by atoms with E-state index in [2.05, 4.69) is 26.6 Å². The molecular weight excluding hydrogens is 256 g/mol. The Kier molecular flexibility index (Phi) is 4.13. The van der Waals surface area contributed by atoms with Crippen molar-refractivity contribution in [2.24, 2.45) is 0 Å². The molecular formula is C14H18N4O2. The van der Waals surface area contributed by atoms with Crippen LogP contribution in [0.3, 0.4) is 0 Å². The van der Waals surface area contributed by atoms with Gasteiger partial charge in [-0.15, -0.1) is 0 Å². The average Bonchev–Trinajstić information content (AvgIpc) is 3.00.